The molecule has 100 valence electrons. The summed E-state index contributed by atoms with van der Waals surface area (Å²) in [5.74, 6) is -1.48. The third-order valence-electron chi connectivity index (χ3n) is 2.44. The minimum atomic E-state index is -1.74. The molecule has 1 fully saturated rings. The Kier molecular flexibility index (Phi) is 4.80. The molecule has 0 aromatic rings. The number of aliphatic hydroxyl groups excluding tert-OH is 4. The van der Waals surface area contributed by atoms with Crippen molar-refractivity contribution in [2.75, 3.05) is 6.61 Å². The summed E-state index contributed by atoms with van der Waals surface area (Å²) in [4.78, 5) is 10.7. The lowest BCUT2D eigenvalue weighted by Crippen LogP contribution is -2.60. The normalized spacial score (nSPS) is 39.9. The van der Waals surface area contributed by atoms with Gasteiger partial charge in [0.15, 0.2) is 12.4 Å². The van der Waals surface area contributed by atoms with Gasteiger partial charge in [-0.15, -0.1) is 0 Å². The standard InChI is InChI=1S/C9H16O8/c1-3(2-10)16-9-6(13)4(11)5(12)7(17-9)8(14)15/h3-7,9-13H,2H2,1H3,(H,14,15)/t3?,4-,5-,6?,7?,9-/m0/s1. The number of carboxylic acid groups (broad SMARTS) is 1. The lowest BCUT2D eigenvalue weighted by molar-refractivity contribution is -0.304. The Hall–Kier alpha value is -0.770. The van der Waals surface area contributed by atoms with Crippen LogP contribution in [0.1, 0.15) is 6.92 Å². The lowest BCUT2D eigenvalue weighted by atomic mass is 9.99. The SMILES string of the molecule is CC(CO)O[C@H]1OC(C(=O)O)[C@@H](O)[C@H](O)C1O. The summed E-state index contributed by atoms with van der Waals surface area (Å²) in [6, 6.07) is 0. The molecule has 0 aromatic carbocycles. The van der Waals surface area contributed by atoms with E-state index in [1.807, 2.05) is 0 Å². The van der Waals surface area contributed by atoms with Crippen molar-refractivity contribution in [2.24, 2.45) is 0 Å². The molecule has 6 atom stereocenters. The Morgan fingerprint density at radius 1 is 1.29 bits per heavy atom. The monoisotopic (exact) mass is 252 g/mol. The van der Waals surface area contributed by atoms with Crippen LogP contribution in [-0.4, -0.2) is 74.9 Å². The zero-order valence-corrected chi connectivity index (χ0v) is 9.13. The molecule has 0 bridgehead atoms. The van der Waals surface area contributed by atoms with Crippen LogP contribution in [0.2, 0.25) is 0 Å². The second kappa shape index (κ2) is 5.71. The zero-order valence-electron chi connectivity index (χ0n) is 9.13. The van der Waals surface area contributed by atoms with Crippen molar-refractivity contribution in [3.05, 3.63) is 0 Å². The van der Waals surface area contributed by atoms with Crippen LogP contribution in [0.5, 0.6) is 0 Å². The fourth-order valence-electron chi connectivity index (χ4n) is 1.44. The highest BCUT2D eigenvalue weighted by Gasteiger charge is 2.47. The van der Waals surface area contributed by atoms with Crippen LogP contribution in [-0.2, 0) is 14.3 Å². The van der Waals surface area contributed by atoms with Crippen LogP contribution < -0.4 is 0 Å². The van der Waals surface area contributed by atoms with Gasteiger partial charge in [0, 0.05) is 0 Å². The Morgan fingerprint density at radius 3 is 2.35 bits per heavy atom. The summed E-state index contributed by atoms with van der Waals surface area (Å²) in [5.41, 5.74) is 0. The Balaban J connectivity index is 2.74. The fraction of sp³-hybridized carbons (Fsp3) is 0.889. The van der Waals surface area contributed by atoms with Gasteiger partial charge in [-0.05, 0) is 6.92 Å². The number of aliphatic hydroxyl groups is 4. The maximum Gasteiger partial charge on any atom is 0.335 e. The number of carbonyl (C=O) groups is 1. The van der Waals surface area contributed by atoms with Crippen molar-refractivity contribution in [1.82, 2.24) is 0 Å². The van der Waals surface area contributed by atoms with Gasteiger partial charge in [0.2, 0.25) is 0 Å². The number of hydrogen-bond acceptors (Lipinski definition) is 7. The van der Waals surface area contributed by atoms with Gasteiger partial charge in [-0.3, -0.25) is 0 Å². The smallest absolute Gasteiger partial charge is 0.335 e. The number of hydrogen-bond donors (Lipinski definition) is 5. The van der Waals surface area contributed by atoms with Crippen LogP contribution in [0.15, 0.2) is 0 Å². The van der Waals surface area contributed by atoms with E-state index in [0.717, 1.165) is 0 Å². The molecule has 0 aliphatic carbocycles. The van der Waals surface area contributed by atoms with E-state index in [0.29, 0.717) is 0 Å². The van der Waals surface area contributed by atoms with E-state index in [4.69, 9.17) is 19.7 Å². The quantitative estimate of drug-likeness (QED) is 0.364. The number of rotatable bonds is 4. The molecule has 5 N–H and O–H groups in total. The molecule has 17 heavy (non-hydrogen) atoms. The van der Waals surface area contributed by atoms with Gasteiger partial charge >= 0.3 is 5.97 Å². The molecule has 0 spiro atoms. The van der Waals surface area contributed by atoms with Crippen molar-refractivity contribution in [1.29, 1.82) is 0 Å². The molecular formula is C9H16O8. The Labute approximate surface area is 97.0 Å². The number of aliphatic carboxylic acids is 1. The highest BCUT2D eigenvalue weighted by atomic mass is 16.7. The maximum atomic E-state index is 10.7. The van der Waals surface area contributed by atoms with Crippen LogP contribution in [0, 0.1) is 0 Å². The van der Waals surface area contributed by atoms with Gasteiger partial charge < -0.3 is 35.0 Å². The van der Waals surface area contributed by atoms with Crippen molar-refractivity contribution in [2.45, 2.75) is 43.7 Å². The highest BCUT2D eigenvalue weighted by molar-refractivity contribution is 5.73. The Bertz CT molecular complexity index is 270. The molecule has 1 rings (SSSR count). The maximum absolute atomic E-state index is 10.7. The van der Waals surface area contributed by atoms with Gasteiger partial charge in [-0.2, -0.15) is 0 Å². The van der Waals surface area contributed by atoms with E-state index < -0.39 is 42.8 Å². The van der Waals surface area contributed by atoms with Crippen LogP contribution >= 0.6 is 0 Å². The van der Waals surface area contributed by atoms with Crippen molar-refractivity contribution in [3.8, 4) is 0 Å². The van der Waals surface area contributed by atoms with E-state index in [2.05, 4.69) is 0 Å². The third kappa shape index (κ3) is 3.12. The molecule has 8 nitrogen and oxygen atoms in total. The van der Waals surface area contributed by atoms with Gasteiger partial charge in [0.25, 0.3) is 0 Å². The summed E-state index contributed by atoms with van der Waals surface area (Å²) in [6.07, 6.45) is -8.84. The largest absolute Gasteiger partial charge is 0.479 e. The molecule has 1 aliphatic rings. The van der Waals surface area contributed by atoms with Crippen LogP contribution in [0.25, 0.3) is 0 Å². The number of carboxylic acids is 1. The van der Waals surface area contributed by atoms with E-state index in [9.17, 15) is 20.1 Å². The minimum absolute atomic E-state index is 0.358. The van der Waals surface area contributed by atoms with E-state index >= 15 is 0 Å². The summed E-state index contributed by atoms with van der Waals surface area (Å²) in [7, 11) is 0. The van der Waals surface area contributed by atoms with Gasteiger partial charge in [0.1, 0.15) is 18.3 Å². The first-order valence-corrected chi connectivity index (χ1v) is 5.07. The molecule has 8 heteroatoms. The molecule has 1 aliphatic heterocycles. The predicted octanol–water partition coefficient (Wildman–Crippen LogP) is -2.72. The molecule has 0 saturated carbocycles. The molecular weight excluding hydrogens is 236 g/mol. The summed E-state index contributed by atoms with van der Waals surface area (Å²) < 4.78 is 9.82. The second-order valence-corrected chi connectivity index (χ2v) is 3.86. The first-order valence-electron chi connectivity index (χ1n) is 5.07. The van der Waals surface area contributed by atoms with Crippen LogP contribution in [0.4, 0.5) is 0 Å². The van der Waals surface area contributed by atoms with E-state index in [1.165, 1.54) is 6.92 Å². The molecule has 0 amide bonds. The molecule has 1 saturated heterocycles. The topological polar surface area (TPSA) is 137 Å². The minimum Gasteiger partial charge on any atom is -0.479 e. The van der Waals surface area contributed by atoms with Gasteiger partial charge in [0.05, 0.1) is 12.7 Å². The Morgan fingerprint density at radius 2 is 1.88 bits per heavy atom. The summed E-state index contributed by atoms with van der Waals surface area (Å²) >= 11 is 0. The molecule has 0 radical (unpaired) electrons. The second-order valence-electron chi connectivity index (χ2n) is 3.86. The average Bonchev–Trinajstić information content (AvgIpc) is 2.29. The molecule has 1 heterocycles. The van der Waals surface area contributed by atoms with E-state index in [-0.39, 0.29) is 6.61 Å². The average molecular weight is 252 g/mol. The molecule has 3 unspecified atom stereocenters. The summed E-state index contributed by atoms with van der Waals surface area (Å²) in [6.45, 7) is 1.12. The van der Waals surface area contributed by atoms with Gasteiger partial charge in [-0.25, -0.2) is 4.79 Å². The van der Waals surface area contributed by atoms with Gasteiger partial charge in [-0.1, -0.05) is 0 Å². The first kappa shape index (κ1) is 14.3. The first-order chi connectivity index (χ1) is 7.88. The predicted molar refractivity (Wildman–Crippen MR) is 52.0 cm³/mol. The zero-order chi connectivity index (χ0) is 13.2. The summed E-state index contributed by atoms with van der Waals surface area (Å²) in [5, 5.41) is 45.8. The van der Waals surface area contributed by atoms with Crippen molar-refractivity contribution >= 4 is 5.97 Å². The van der Waals surface area contributed by atoms with Crippen molar-refractivity contribution in [3.63, 3.8) is 0 Å². The third-order valence-corrected chi connectivity index (χ3v) is 2.44. The van der Waals surface area contributed by atoms with E-state index in [1.54, 1.807) is 0 Å². The van der Waals surface area contributed by atoms with Crippen molar-refractivity contribution < 1.29 is 39.8 Å². The van der Waals surface area contributed by atoms with Crippen LogP contribution in [0.3, 0.4) is 0 Å². The fourth-order valence-corrected chi connectivity index (χ4v) is 1.44. The number of ether oxygens (including phenoxy) is 2. The lowest BCUT2D eigenvalue weighted by Gasteiger charge is -2.39. The molecule has 0 aromatic heterocycles. The highest BCUT2D eigenvalue weighted by Crippen LogP contribution is 2.23.